The van der Waals surface area contributed by atoms with Crippen molar-refractivity contribution in [3.63, 3.8) is 0 Å². The van der Waals surface area contributed by atoms with Crippen molar-refractivity contribution in [1.82, 2.24) is 9.97 Å². The maximum Gasteiger partial charge on any atom is 0.357 e. The first-order valence-electron chi connectivity index (χ1n) is 9.45. The van der Waals surface area contributed by atoms with Crippen LogP contribution in [0.4, 0.5) is 0 Å². The number of hydrogen-bond acceptors (Lipinski definition) is 3. The minimum absolute atomic E-state index is 0.327. The number of carbonyl (C=O) groups is 1. The monoisotopic (exact) mass is 392 g/mol. The van der Waals surface area contributed by atoms with Crippen LogP contribution in [-0.2, 0) is 17.6 Å². The summed E-state index contributed by atoms with van der Waals surface area (Å²) in [4.78, 5) is 20.3. The summed E-state index contributed by atoms with van der Waals surface area (Å²) in [7, 11) is 0. The maximum atomic E-state index is 12.4. The number of nitrogens with one attached hydrogen (secondary N) is 1. The van der Waals surface area contributed by atoms with Gasteiger partial charge in [0.2, 0.25) is 0 Å². The predicted octanol–water partition coefficient (Wildman–Crippen LogP) is 5.70. The van der Waals surface area contributed by atoms with Gasteiger partial charge in [-0.15, -0.1) is 0 Å². The Hall–Kier alpha value is -2.85. The smallest absolute Gasteiger partial charge is 0.357 e. The van der Waals surface area contributed by atoms with Crippen LogP contribution < -0.4 is 0 Å². The lowest BCUT2D eigenvalue weighted by molar-refractivity contribution is 0.0518. The second-order valence-corrected chi connectivity index (χ2v) is 7.09. The van der Waals surface area contributed by atoms with Crippen molar-refractivity contribution in [2.75, 3.05) is 6.61 Å². The number of ether oxygens (including phenoxy) is 1. The largest absolute Gasteiger partial charge is 0.461 e. The molecule has 0 aliphatic carbocycles. The summed E-state index contributed by atoms with van der Waals surface area (Å²) in [6, 6.07) is 14.1. The number of esters is 1. The number of aryl methyl sites for hydroxylation is 1. The Morgan fingerprint density at radius 2 is 1.82 bits per heavy atom. The van der Waals surface area contributed by atoms with E-state index >= 15 is 0 Å². The van der Waals surface area contributed by atoms with Gasteiger partial charge >= 0.3 is 5.97 Å². The lowest BCUT2D eigenvalue weighted by Crippen LogP contribution is -2.10. The Kier molecular flexibility index (Phi) is 5.05. The Labute approximate surface area is 168 Å². The molecule has 0 amide bonds. The Morgan fingerprint density at radius 1 is 1.04 bits per heavy atom. The van der Waals surface area contributed by atoms with Gasteiger partial charge in [0.15, 0.2) is 5.69 Å². The van der Waals surface area contributed by atoms with Crippen LogP contribution in [0.1, 0.15) is 41.0 Å². The molecular formula is C23H21ClN2O2. The highest BCUT2D eigenvalue weighted by atomic mass is 35.5. The molecule has 5 heteroatoms. The Balaban J connectivity index is 1.97. The second-order valence-electron chi connectivity index (χ2n) is 6.68. The lowest BCUT2D eigenvalue weighted by atomic mass is 9.96. The highest BCUT2D eigenvalue weighted by Crippen LogP contribution is 2.34. The fraction of sp³-hybridized carbons (Fsp3) is 0.217. The number of halogens is 1. The fourth-order valence-corrected chi connectivity index (χ4v) is 3.99. The predicted molar refractivity (Wildman–Crippen MR) is 113 cm³/mol. The Bertz CT molecular complexity index is 1180. The van der Waals surface area contributed by atoms with Crippen molar-refractivity contribution in [3.05, 3.63) is 76.1 Å². The molecule has 1 N–H and O–H groups in total. The van der Waals surface area contributed by atoms with E-state index in [1.807, 2.05) is 37.3 Å². The van der Waals surface area contributed by atoms with Crippen LogP contribution in [0.3, 0.4) is 0 Å². The number of pyridine rings is 1. The zero-order valence-corrected chi connectivity index (χ0v) is 16.6. The molecule has 0 saturated carbocycles. The average Bonchev–Trinajstić information content (AvgIpc) is 3.08. The van der Waals surface area contributed by atoms with E-state index in [1.165, 1.54) is 0 Å². The van der Waals surface area contributed by atoms with Crippen LogP contribution in [0.2, 0.25) is 5.02 Å². The van der Waals surface area contributed by atoms with Crippen molar-refractivity contribution >= 4 is 39.4 Å². The first-order chi connectivity index (χ1) is 13.6. The minimum atomic E-state index is -0.376. The molecule has 4 nitrogen and oxygen atoms in total. The molecule has 0 bridgehead atoms. The van der Waals surface area contributed by atoms with E-state index in [1.54, 1.807) is 13.1 Å². The summed E-state index contributed by atoms with van der Waals surface area (Å²) >= 11 is 6.40. The summed E-state index contributed by atoms with van der Waals surface area (Å²) in [5.41, 5.74) is 5.49. The van der Waals surface area contributed by atoms with Crippen molar-refractivity contribution < 1.29 is 9.53 Å². The molecule has 142 valence electrons. The maximum absolute atomic E-state index is 12.4. The summed E-state index contributed by atoms with van der Waals surface area (Å²) in [6.07, 6.45) is 3.12. The molecule has 0 fully saturated rings. The summed E-state index contributed by atoms with van der Waals surface area (Å²) < 4.78 is 5.22. The number of H-pyrrole nitrogens is 1. The van der Waals surface area contributed by atoms with E-state index in [2.05, 4.69) is 22.1 Å². The molecule has 4 rings (SSSR count). The molecule has 28 heavy (non-hydrogen) atoms. The number of hydrogen-bond donors (Lipinski definition) is 1. The van der Waals surface area contributed by atoms with E-state index in [0.29, 0.717) is 25.1 Å². The fourth-order valence-electron chi connectivity index (χ4n) is 3.79. The van der Waals surface area contributed by atoms with E-state index in [9.17, 15) is 4.79 Å². The van der Waals surface area contributed by atoms with Gasteiger partial charge < -0.3 is 9.72 Å². The van der Waals surface area contributed by atoms with Gasteiger partial charge in [0.1, 0.15) is 0 Å². The van der Waals surface area contributed by atoms with Crippen molar-refractivity contribution in [2.24, 2.45) is 0 Å². The number of nitrogens with zero attached hydrogens (tertiary/aromatic N) is 1. The minimum Gasteiger partial charge on any atom is -0.461 e. The number of benzene rings is 2. The van der Waals surface area contributed by atoms with Gasteiger partial charge in [-0.05, 0) is 48.6 Å². The lowest BCUT2D eigenvalue weighted by Gasteiger charge is -2.10. The van der Waals surface area contributed by atoms with E-state index in [-0.39, 0.29) is 5.97 Å². The zero-order valence-electron chi connectivity index (χ0n) is 15.9. The zero-order chi connectivity index (χ0) is 19.7. The van der Waals surface area contributed by atoms with Gasteiger partial charge in [-0.2, -0.15) is 0 Å². The van der Waals surface area contributed by atoms with Crippen LogP contribution in [0, 0.1) is 0 Å². The summed E-state index contributed by atoms with van der Waals surface area (Å²) in [5, 5.41) is 2.91. The van der Waals surface area contributed by atoms with Gasteiger partial charge in [-0.1, -0.05) is 48.9 Å². The van der Waals surface area contributed by atoms with E-state index < -0.39 is 0 Å². The first kappa shape index (κ1) is 18.5. The molecule has 0 aliphatic heterocycles. The highest BCUT2D eigenvalue weighted by Gasteiger charge is 2.20. The third kappa shape index (κ3) is 3.14. The van der Waals surface area contributed by atoms with Gasteiger partial charge in [0.05, 0.1) is 18.3 Å². The molecule has 2 aromatic heterocycles. The van der Waals surface area contributed by atoms with E-state index in [4.69, 9.17) is 16.3 Å². The highest BCUT2D eigenvalue weighted by molar-refractivity contribution is 6.31. The number of aromatic amines is 1. The first-order valence-corrected chi connectivity index (χ1v) is 9.83. The second kappa shape index (κ2) is 7.64. The molecule has 0 spiro atoms. The van der Waals surface area contributed by atoms with Gasteiger partial charge in [-0.3, -0.25) is 0 Å². The van der Waals surface area contributed by atoms with Gasteiger partial charge in [0.25, 0.3) is 0 Å². The van der Waals surface area contributed by atoms with Crippen LogP contribution in [0.5, 0.6) is 0 Å². The van der Waals surface area contributed by atoms with Crippen LogP contribution in [-0.4, -0.2) is 22.5 Å². The average molecular weight is 393 g/mol. The quantitative estimate of drug-likeness (QED) is 0.443. The molecule has 2 heterocycles. The standard InChI is InChI=1S/C23H21ClN2O2/c1-3-16-21-19(13-25-22(16)23(27)28-4-2)26-18-11-7-9-15(20(18)21)12-14-8-5-6-10-17(14)24/h5-11,13,26H,3-4,12H2,1-2H3. The van der Waals surface area contributed by atoms with Gasteiger partial charge in [-0.25, -0.2) is 9.78 Å². The SMILES string of the molecule is CCOC(=O)c1ncc2[nH]c3cccc(Cc4ccccc4Cl)c3c2c1CC. The molecule has 0 saturated heterocycles. The van der Waals surface area contributed by atoms with Gasteiger partial charge in [0, 0.05) is 21.3 Å². The number of rotatable bonds is 5. The Morgan fingerprint density at radius 3 is 2.57 bits per heavy atom. The van der Waals surface area contributed by atoms with E-state index in [0.717, 1.165) is 43.5 Å². The number of fused-ring (bicyclic) bond motifs is 3. The molecule has 0 atom stereocenters. The molecule has 4 aromatic rings. The molecule has 2 aromatic carbocycles. The molecular weight excluding hydrogens is 372 g/mol. The third-order valence-corrected chi connectivity index (χ3v) is 5.38. The van der Waals surface area contributed by atoms with Crippen molar-refractivity contribution in [3.8, 4) is 0 Å². The molecule has 0 radical (unpaired) electrons. The van der Waals surface area contributed by atoms with Crippen molar-refractivity contribution in [2.45, 2.75) is 26.7 Å². The summed E-state index contributed by atoms with van der Waals surface area (Å²) in [5.74, 6) is -0.376. The number of aromatic nitrogens is 2. The normalized spacial score (nSPS) is 11.2. The van der Waals surface area contributed by atoms with Crippen molar-refractivity contribution in [1.29, 1.82) is 0 Å². The van der Waals surface area contributed by atoms with Crippen LogP contribution in [0.25, 0.3) is 21.8 Å². The number of carbonyl (C=O) groups excluding carboxylic acids is 1. The molecule has 0 aliphatic rings. The van der Waals surface area contributed by atoms with Crippen LogP contribution in [0.15, 0.2) is 48.7 Å². The summed E-state index contributed by atoms with van der Waals surface area (Å²) in [6.45, 7) is 4.16. The third-order valence-electron chi connectivity index (χ3n) is 5.01. The van der Waals surface area contributed by atoms with Crippen LogP contribution >= 0.6 is 11.6 Å². The molecule has 0 unspecified atom stereocenters. The topological polar surface area (TPSA) is 55.0 Å².